The first-order valence-corrected chi connectivity index (χ1v) is 10.7. The number of rotatable bonds is 5. The zero-order valence-corrected chi connectivity index (χ0v) is 17.4. The molecule has 1 N–H and O–H groups in total. The molecule has 2 aromatic carbocycles. The van der Waals surface area contributed by atoms with Crippen LogP contribution in [0, 0.1) is 5.92 Å². The highest BCUT2D eigenvalue weighted by molar-refractivity contribution is 7.99. The van der Waals surface area contributed by atoms with E-state index < -0.39 is 0 Å². The average Bonchev–Trinajstić information content (AvgIpc) is 3.15. The maximum atomic E-state index is 6.57. The van der Waals surface area contributed by atoms with Gasteiger partial charge in [-0.15, -0.1) is 11.8 Å². The SMILES string of the molecule is Clc1ccc(CO[C@@H]2c3c(Cl)cc(Cl)cc3SC[C@@H]2Cc2ncc[nH]2)cc1. The van der Waals surface area contributed by atoms with Gasteiger partial charge in [0.2, 0.25) is 0 Å². The molecule has 0 saturated carbocycles. The summed E-state index contributed by atoms with van der Waals surface area (Å²) >= 11 is 20.5. The molecular formula is C20H17Cl3N2OS. The van der Waals surface area contributed by atoms with Crippen LogP contribution < -0.4 is 0 Å². The third kappa shape index (κ3) is 4.47. The van der Waals surface area contributed by atoms with Gasteiger partial charge in [0.25, 0.3) is 0 Å². The summed E-state index contributed by atoms with van der Waals surface area (Å²) in [6.45, 7) is 0.486. The van der Waals surface area contributed by atoms with Crippen molar-refractivity contribution in [2.75, 3.05) is 5.75 Å². The molecular weight excluding hydrogens is 423 g/mol. The first-order valence-electron chi connectivity index (χ1n) is 8.56. The van der Waals surface area contributed by atoms with E-state index in [1.807, 2.05) is 36.5 Å². The van der Waals surface area contributed by atoms with Crippen molar-refractivity contribution in [3.05, 3.63) is 80.8 Å². The summed E-state index contributed by atoms with van der Waals surface area (Å²) in [5.74, 6) is 2.11. The molecule has 0 saturated heterocycles. The molecule has 0 amide bonds. The standard InChI is InChI=1S/C20H17Cl3N2OS/c21-14-3-1-12(2-4-14)10-26-20-13(7-18-24-5-6-25-18)11-27-17-9-15(22)8-16(23)19(17)20/h1-6,8-9,13,20H,7,10-11H2,(H,24,25)/t13-,20-/m0/s1. The van der Waals surface area contributed by atoms with Crippen LogP contribution in [0.1, 0.15) is 23.1 Å². The third-order valence-electron chi connectivity index (χ3n) is 4.58. The van der Waals surface area contributed by atoms with E-state index in [-0.39, 0.29) is 12.0 Å². The van der Waals surface area contributed by atoms with Gasteiger partial charge in [0, 0.05) is 56.0 Å². The lowest BCUT2D eigenvalue weighted by atomic mass is 9.93. The molecule has 140 valence electrons. The molecule has 0 unspecified atom stereocenters. The summed E-state index contributed by atoms with van der Waals surface area (Å²) in [7, 11) is 0. The van der Waals surface area contributed by atoms with Crippen LogP contribution in [0.3, 0.4) is 0 Å². The van der Waals surface area contributed by atoms with Gasteiger partial charge in [-0.05, 0) is 29.8 Å². The smallest absolute Gasteiger partial charge is 0.106 e. The molecule has 0 bridgehead atoms. The quantitative estimate of drug-likeness (QED) is 0.487. The van der Waals surface area contributed by atoms with Crippen molar-refractivity contribution < 1.29 is 4.74 Å². The van der Waals surface area contributed by atoms with E-state index in [4.69, 9.17) is 39.5 Å². The lowest BCUT2D eigenvalue weighted by Gasteiger charge is -2.33. The highest BCUT2D eigenvalue weighted by atomic mass is 35.5. The van der Waals surface area contributed by atoms with Gasteiger partial charge in [-0.1, -0.05) is 46.9 Å². The van der Waals surface area contributed by atoms with Gasteiger partial charge in [-0.2, -0.15) is 0 Å². The number of aromatic amines is 1. The molecule has 2 heterocycles. The highest BCUT2D eigenvalue weighted by Crippen LogP contribution is 2.47. The predicted molar refractivity (Wildman–Crippen MR) is 112 cm³/mol. The largest absolute Gasteiger partial charge is 0.368 e. The van der Waals surface area contributed by atoms with E-state index in [9.17, 15) is 0 Å². The molecule has 3 aromatic rings. The monoisotopic (exact) mass is 438 g/mol. The predicted octanol–water partition coefficient (Wildman–Crippen LogP) is 6.59. The van der Waals surface area contributed by atoms with Gasteiger partial charge >= 0.3 is 0 Å². The molecule has 4 rings (SSSR count). The molecule has 1 aliphatic heterocycles. The molecule has 0 spiro atoms. The number of imidazole rings is 1. The number of ether oxygens (including phenoxy) is 1. The van der Waals surface area contributed by atoms with E-state index in [1.54, 1.807) is 24.0 Å². The average molecular weight is 440 g/mol. The number of hydrogen-bond donors (Lipinski definition) is 1. The van der Waals surface area contributed by atoms with E-state index in [2.05, 4.69) is 9.97 Å². The summed E-state index contributed by atoms with van der Waals surface area (Å²) in [6.07, 6.45) is 4.28. The molecule has 0 radical (unpaired) electrons. The second-order valence-electron chi connectivity index (χ2n) is 6.47. The summed E-state index contributed by atoms with van der Waals surface area (Å²) < 4.78 is 6.39. The van der Waals surface area contributed by atoms with Gasteiger partial charge in [0.1, 0.15) is 5.82 Å². The first-order chi connectivity index (χ1) is 13.1. The fourth-order valence-corrected chi connectivity index (χ4v) is 5.41. The van der Waals surface area contributed by atoms with Crippen LogP contribution in [-0.4, -0.2) is 15.7 Å². The number of halogens is 3. The minimum atomic E-state index is -0.133. The van der Waals surface area contributed by atoms with E-state index >= 15 is 0 Å². The molecule has 27 heavy (non-hydrogen) atoms. The van der Waals surface area contributed by atoms with Gasteiger partial charge in [-0.3, -0.25) is 0 Å². The molecule has 3 nitrogen and oxygen atoms in total. The van der Waals surface area contributed by atoms with E-state index in [0.29, 0.717) is 21.7 Å². The Hall–Kier alpha value is -1.17. The second kappa shape index (κ2) is 8.46. The zero-order valence-electron chi connectivity index (χ0n) is 14.3. The fraction of sp³-hybridized carbons (Fsp3) is 0.250. The van der Waals surface area contributed by atoms with Crippen LogP contribution in [0.25, 0.3) is 0 Å². The maximum absolute atomic E-state index is 6.57. The summed E-state index contributed by atoms with van der Waals surface area (Å²) in [5, 5.41) is 2.01. The highest BCUT2D eigenvalue weighted by Gasteiger charge is 2.33. The van der Waals surface area contributed by atoms with Crippen LogP contribution in [0.4, 0.5) is 0 Å². The number of fused-ring (bicyclic) bond motifs is 1. The molecule has 7 heteroatoms. The van der Waals surface area contributed by atoms with E-state index in [0.717, 1.165) is 34.0 Å². The van der Waals surface area contributed by atoms with Crippen molar-refractivity contribution in [2.24, 2.45) is 5.92 Å². The Morgan fingerprint density at radius 2 is 1.93 bits per heavy atom. The Balaban J connectivity index is 1.62. The molecule has 1 aliphatic rings. The van der Waals surface area contributed by atoms with Gasteiger partial charge in [0.15, 0.2) is 0 Å². The zero-order chi connectivity index (χ0) is 18.8. The summed E-state index contributed by atoms with van der Waals surface area (Å²) in [6, 6.07) is 11.5. The third-order valence-corrected chi connectivity index (χ3v) is 6.60. The molecule has 0 fully saturated rings. The van der Waals surface area contributed by atoms with Crippen molar-refractivity contribution in [2.45, 2.75) is 24.0 Å². The minimum absolute atomic E-state index is 0.133. The Bertz CT molecular complexity index is 916. The number of nitrogens with zero attached hydrogens (tertiary/aromatic N) is 1. The van der Waals surface area contributed by atoms with Gasteiger partial charge < -0.3 is 9.72 Å². The lowest BCUT2D eigenvalue weighted by Crippen LogP contribution is -2.25. The topological polar surface area (TPSA) is 37.9 Å². The number of benzene rings is 2. The van der Waals surface area contributed by atoms with Crippen LogP contribution in [-0.2, 0) is 17.8 Å². The van der Waals surface area contributed by atoms with E-state index in [1.165, 1.54) is 0 Å². The first kappa shape index (κ1) is 19.2. The van der Waals surface area contributed by atoms with Crippen molar-refractivity contribution in [1.29, 1.82) is 0 Å². The van der Waals surface area contributed by atoms with Gasteiger partial charge in [0.05, 0.1) is 12.7 Å². The summed E-state index contributed by atoms with van der Waals surface area (Å²) in [5.41, 5.74) is 2.09. The van der Waals surface area contributed by atoms with Crippen LogP contribution in [0.5, 0.6) is 0 Å². The van der Waals surface area contributed by atoms with Gasteiger partial charge in [-0.25, -0.2) is 4.98 Å². The van der Waals surface area contributed by atoms with Crippen LogP contribution in [0.15, 0.2) is 53.7 Å². The minimum Gasteiger partial charge on any atom is -0.368 e. The number of hydrogen-bond acceptors (Lipinski definition) is 3. The normalized spacial score (nSPS) is 19.1. The number of H-pyrrole nitrogens is 1. The van der Waals surface area contributed by atoms with Crippen molar-refractivity contribution in [3.8, 4) is 0 Å². The maximum Gasteiger partial charge on any atom is 0.106 e. The Morgan fingerprint density at radius 1 is 1.11 bits per heavy atom. The second-order valence-corrected chi connectivity index (χ2v) is 8.81. The molecule has 2 atom stereocenters. The Morgan fingerprint density at radius 3 is 2.67 bits per heavy atom. The van der Waals surface area contributed by atoms with Crippen LogP contribution >= 0.6 is 46.6 Å². The van der Waals surface area contributed by atoms with Crippen molar-refractivity contribution >= 4 is 46.6 Å². The number of nitrogens with one attached hydrogen (secondary N) is 1. The van der Waals surface area contributed by atoms with Crippen molar-refractivity contribution in [3.63, 3.8) is 0 Å². The Kier molecular flexibility index (Phi) is 6.00. The fourth-order valence-electron chi connectivity index (χ4n) is 3.29. The van der Waals surface area contributed by atoms with Crippen molar-refractivity contribution in [1.82, 2.24) is 9.97 Å². The number of thioether (sulfide) groups is 1. The number of aromatic nitrogens is 2. The Labute approximate surface area is 177 Å². The lowest BCUT2D eigenvalue weighted by molar-refractivity contribution is 0.00182. The summed E-state index contributed by atoms with van der Waals surface area (Å²) in [4.78, 5) is 8.65. The molecule has 1 aromatic heterocycles. The van der Waals surface area contributed by atoms with Crippen LogP contribution in [0.2, 0.25) is 15.1 Å². The molecule has 0 aliphatic carbocycles.